The molecule has 3 rings (SSSR count). The van der Waals surface area contributed by atoms with Crippen molar-refractivity contribution >= 4 is 58.1 Å². The summed E-state index contributed by atoms with van der Waals surface area (Å²) in [5, 5.41) is 9.14. The van der Waals surface area contributed by atoms with Crippen LogP contribution in [0.1, 0.15) is 22.8 Å². The van der Waals surface area contributed by atoms with Crippen molar-refractivity contribution in [2.24, 2.45) is 7.05 Å². The van der Waals surface area contributed by atoms with E-state index in [9.17, 15) is 4.79 Å². The van der Waals surface area contributed by atoms with Crippen LogP contribution < -0.4 is 4.90 Å². The van der Waals surface area contributed by atoms with Crippen molar-refractivity contribution in [3.63, 3.8) is 0 Å². The van der Waals surface area contributed by atoms with Crippen LogP contribution in [0.2, 0.25) is 0 Å². The van der Waals surface area contributed by atoms with Gasteiger partial charge in [0.05, 0.1) is 23.6 Å². The number of benzene rings is 1. The van der Waals surface area contributed by atoms with Crippen molar-refractivity contribution in [3.05, 3.63) is 47.9 Å². The minimum absolute atomic E-state index is 0. The van der Waals surface area contributed by atoms with Gasteiger partial charge in [-0.2, -0.15) is 0 Å². The molecule has 6 nitrogen and oxygen atoms in total. The summed E-state index contributed by atoms with van der Waals surface area (Å²) in [6, 6.07) is 7.15. The van der Waals surface area contributed by atoms with Gasteiger partial charge < -0.3 is 14.6 Å². The summed E-state index contributed by atoms with van der Waals surface area (Å²) in [6.45, 7) is 2.01. The number of carboxylic acid groups (broad SMARTS) is 1. The summed E-state index contributed by atoms with van der Waals surface area (Å²) >= 11 is 0. The van der Waals surface area contributed by atoms with Crippen LogP contribution in [-0.4, -0.2) is 62.2 Å². The molecule has 120 valence electrons. The second-order valence-corrected chi connectivity index (χ2v) is 5.45. The van der Waals surface area contributed by atoms with Crippen LogP contribution in [0, 0.1) is 0 Å². The number of carboxylic acids is 1. The molecule has 0 spiro atoms. The number of nitrogens with zero attached hydrogens (tertiary/aromatic N) is 4. The maximum absolute atomic E-state index is 11.1. The Morgan fingerprint density at radius 2 is 2.04 bits per heavy atom. The molecule has 1 N–H and O–H groups in total. The van der Waals surface area contributed by atoms with Crippen molar-refractivity contribution < 1.29 is 9.90 Å². The zero-order valence-corrected chi connectivity index (χ0v) is 13.3. The van der Waals surface area contributed by atoms with Crippen molar-refractivity contribution in [1.82, 2.24) is 14.5 Å². The molecule has 0 saturated carbocycles. The molecule has 0 aliphatic rings. The number of fused-ring (bicyclic) bond motifs is 1. The molecule has 1 aromatic carbocycles. The molecule has 0 aliphatic heterocycles. The second-order valence-electron chi connectivity index (χ2n) is 5.45. The molecule has 0 unspecified atom stereocenters. The number of aromatic nitrogens is 3. The minimum atomic E-state index is -0.914. The third-order valence-electron chi connectivity index (χ3n) is 4.01. The van der Waals surface area contributed by atoms with Crippen LogP contribution in [0.15, 0.2) is 36.8 Å². The van der Waals surface area contributed by atoms with E-state index in [0.29, 0.717) is 5.56 Å². The van der Waals surface area contributed by atoms with Gasteiger partial charge in [0.2, 0.25) is 0 Å². The average Bonchev–Trinajstić information content (AvgIpc) is 2.94. The van der Waals surface area contributed by atoms with Crippen molar-refractivity contribution in [1.29, 1.82) is 0 Å². The molecule has 3 aromatic rings. The first-order valence-electron chi connectivity index (χ1n) is 7.38. The van der Waals surface area contributed by atoms with E-state index < -0.39 is 5.97 Å². The summed E-state index contributed by atoms with van der Waals surface area (Å²) < 4.78 is 1.95. The van der Waals surface area contributed by atoms with Gasteiger partial charge in [-0.25, -0.2) is 14.8 Å². The third-order valence-corrected chi connectivity index (χ3v) is 4.01. The monoisotopic (exact) mass is 334 g/mol. The van der Waals surface area contributed by atoms with Gasteiger partial charge in [-0.05, 0) is 30.2 Å². The molecule has 2 heterocycles. The molecule has 0 amide bonds. The number of rotatable bonds is 4. The van der Waals surface area contributed by atoms with E-state index in [1.165, 1.54) is 0 Å². The Balaban J connectivity index is 0.00000208. The molecule has 0 atom stereocenters. The number of hydrogen-bond acceptors (Lipinski definition) is 4. The van der Waals surface area contributed by atoms with E-state index in [4.69, 9.17) is 5.11 Å². The van der Waals surface area contributed by atoms with E-state index in [2.05, 4.69) is 9.97 Å². The number of anilines is 2. The summed E-state index contributed by atoms with van der Waals surface area (Å²) in [6.07, 6.45) is 4.25. The fourth-order valence-electron chi connectivity index (χ4n) is 2.66. The number of hydrogen-bond donors (Lipinski definition) is 1. The van der Waals surface area contributed by atoms with Gasteiger partial charge in [-0.15, -0.1) is 0 Å². The second kappa shape index (κ2) is 7.34. The summed E-state index contributed by atoms with van der Waals surface area (Å²) in [4.78, 5) is 21.8. The zero-order valence-electron chi connectivity index (χ0n) is 13.3. The Hall–Kier alpha value is -1.89. The number of aryl methyl sites for hydroxylation is 2. The van der Waals surface area contributed by atoms with Crippen LogP contribution >= 0.6 is 0 Å². The summed E-state index contributed by atoms with van der Waals surface area (Å²) in [5.74, 6) is -0.123. The van der Waals surface area contributed by atoms with Gasteiger partial charge in [0.1, 0.15) is 11.3 Å². The molecular formula is C17H19N4NaO2. The van der Waals surface area contributed by atoms with E-state index in [1.807, 2.05) is 42.6 Å². The van der Waals surface area contributed by atoms with Crippen LogP contribution in [0.5, 0.6) is 0 Å². The van der Waals surface area contributed by atoms with Crippen molar-refractivity contribution in [2.75, 3.05) is 11.9 Å². The zero-order chi connectivity index (χ0) is 16.6. The third kappa shape index (κ3) is 3.31. The van der Waals surface area contributed by atoms with Crippen LogP contribution in [-0.2, 0) is 13.5 Å². The first-order valence-corrected chi connectivity index (χ1v) is 7.38. The Morgan fingerprint density at radius 3 is 2.71 bits per heavy atom. The maximum atomic E-state index is 11.1. The number of imidazole rings is 1. The molecule has 24 heavy (non-hydrogen) atoms. The molecular weight excluding hydrogens is 315 g/mol. The molecule has 0 fully saturated rings. The number of carbonyl (C=O) groups is 1. The number of aromatic carboxylic acids is 1. The van der Waals surface area contributed by atoms with Gasteiger partial charge in [0, 0.05) is 25.8 Å². The quantitative estimate of drug-likeness (QED) is 0.742. The topological polar surface area (TPSA) is 71.2 Å². The van der Waals surface area contributed by atoms with Crippen LogP contribution in [0.3, 0.4) is 0 Å². The Labute approximate surface area is 162 Å². The molecule has 0 saturated heterocycles. The van der Waals surface area contributed by atoms with Crippen molar-refractivity contribution in [2.45, 2.75) is 13.3 Å². The SMILES string of the molecule is CCc1cc(C(=O)O)ccc1N(C)c1cc2c(cn1)ncn2C.[NaH]. The van der Waals surface area contributed by atoms with Crippen LogP contribution in [0.4, 0.5) is 11.5 Å². The summed E-state index contributed by atoms with van der Waals surface area (Å²) in [7, 11) is 3.87. The first kappa shape index (κ1) is 18.4. The molecule has 0 radical (unpaired) electrons. The average molecular weight is 334 g/mol. The van der Waals surface area contributed by atoms with Gasteiger partial charge >= 0.3 is 35.5 Å². The van der Waals surface area contributed by atoms with Gasteiger partial charge in [-0.3, -0.25) is 0 Å². The standard InChI is InChI=1S/C17H18N4O2.Na.H/c1-4-11-7-12(17(22)23)5-6-14(11)21(3)16-8-15-13(9-18-16)19-10-20(15)2;;/h5-10H,4H2,1-3H3,(H,22,23);;. The van der Waals surface area contributed by atoms with E-state index in [-0.39, 0.29) is 29.6 Å². The Bertz CT molecular complexity index is 891. The number of pyridine rings is 1. The Morgan fingerprint density at radius 1 is 1.29 bits per heavy atom. The molecule has 7 heteroatoms. The Kier molecular flexibility index (Phi) is 5.64. The van der Waals surface area contributed by atoms with E-state index in [0.717, 1.165) is 34.5 Å². The first-order chi connectivity index (χ1) is 11.0. The fraction of sp³-hybridized carbons (Fsp3) is 0.235. The van der Waals surface area contributed by atoms with Gasteiger partial charge in [-0.1, -0.05) is 6.92 Å². The van der Waals surface area contributed by atoms with Crippen LogP contribution in [0.25, 0.3) is 11.0 Å². The summed E-state index contributed by atoms with van der Waals surface area (Å²) in [5.41, 5.74) is 4.07. The molecule has 2 aromatic heterocycles. The van der Waals surface area contributed by atoms with E-state index in [1.54, 1.807) is 24.7 Å². The van der Waals surface area contributed by atoms with Crippen molar-refractivity contribution in [3.8, 4) is 0 Å². The predicted molar refractivity (Wildman–Crippen MR) is 96.5 cm³/mol. The van der Waals surface area contributed by atoms with E-state index >= 15 is 0 Å². The normalized spacial score (nSPS) is 10.5. The van der Waals surface area contributed by atoms with Gasteiger partial charge in [0.15, 0.2) is 0 Å². The molecule has 0 bridgehead atoms. The fourth-order valence-corrected chi connectivity index (χ4v) is 2.66. The molecule has 0 aliphatic carbocycles. The predicted octanol–water partition coefficient (Wildman–Crippen LogP) is 2.35. The van der Waals surface area contributed by atoms with Gasteiger partial charge in [0.25, 0.3) is 0 Å².